The predicted octanol–water partition coefficient (Wildman–Crippen LogP) is 1.58. The van der Waals surface area contributed by atoms with E-state index in [0.29, 0.717) is 0 Å². The minimum absolute atomic E-state index is 0.0633. The number of rotatable bonds is 2. The summed E-state index contributed by atoms with van der Waals surface area (Å²) in [5.74, 6) is 0. The molecule has 12 heavy (non-hydrogen) atoms. The van der Waals surface area contributed by atoms with Crippen LogP contribution in [-0.4, -0.2) is 11.7 Å². The fraction of sp³-hybridized carbons (Fsp3) is 0.200. The fourth-order valence-corrected chi connectivity index (χ4v) is 0.951. The quantitative estimate of drug-likeness (QED) is 0.650. The molecule has 64 valence electrons. The average molecular weight is 163 g/mol. The Labute approximate surface area is 72.3 Å². The third-order valence-electron chi connectivity index (χ3n) is 1.72. The van der Waals surface area contributed by atoms with E-state index in [2.05, 4.69) is 0 Å². The maximum absolute atomic E-state index is 8.53. The summed E-state index contributed by atoms with van der Waals surface area (Å²) in [6.07, 6.45) is 3.53. The number of aryl methyl sites for hydroxylation is 1. The topological polar surface area (TPSA) is 46.2 Å². The zero-order valence-corrected chi connectivity index (χ0v) is 7.12. The van der Waals surface area contributed by atoms with Crippen molar-refractivity contribution in [2.24, 2.45) is 0 Å². The first-order valence-electron chi connectivity index (χ1n) is 3.87. The highest BCUT2D eigenvalue weighted by Gasteiger charge is 1.92. The van der Waals surface area contributed by atoms with Crippen LogP contribution >= 0.6 is 0 Å². The van der Waals surface area contributed by atoms with Gasteiger partial charge < -0.3 is 10.8 Å². The number of anilines is 1. The minimum atomic E-state index is 0.0633. The zero-order chi connectivity index (χ0) is 8.97. The van der Waals surface area contributed by atoms with Crippen molar-refractivity contribution in [2.45, 2.75) is 6.92 Å². The molecule has 0 amide bonds. The van der Waals surface area contributed by atoms with Gasteiger partial charge in [0.25, 0.3) is 0 Å². The molecule has 0 spiro atoms. The molecule has 1 rings (SSSR count). The summed E-state index contributed by atoms with van der Waals surface area (Å²) < 4.78 is 0. The first kappa shape index (κ1) is 8.81. The molecule has 0 bridgehead atoms. The standard InChI is InChI=1S/C10H13NO/c1-8-4-5-9(3-2-6-12)7-10(8)11/h2-5,7,12H,6,11H2,1H3. The maximum Gasteiger partial charge on any atom is 0.0615 e. The first-order chi connectivity index (χ1) is 5.74. The van der Waals surface area contributed by atoms with Gasteiger partial charge in [-0.25, -0.2) is 0 Å². The van der Waals surface area contributed by atoms with E-state index in [1.165, 1.54) is 0 Å². The number of aliphatic hydroxyl groups excluding tert-OH is 1. The molecule has 0 atom stereocenters. The molecule has 0 aliphatic rings. The smallest absolute Gasteiger partial charge is 0.0615 e. The molecular formula is C10H13NO. The molecule has 2 heteroatoms. The lowest BCUT2D eigenvalue weighted by Gasteiger charge is -2.00. The predicted molar refractivity (Wildman–Crippen MR) is 51.7 cm³/mol. The number of benzene rings is 1. The third kappa shape index (κ3) is 2.10. The summed E-state index contributed by atoms with van der Waals surface area (Å²) in [5, 5.41) is 8.53. The Kier molecular flexibility index (Phi) is 2.88. The van der Waals surface area contributed by atoms with Gasteiger partial charge in [-0.3, -0.25) is 0 Å². The van der Waals surface area contributed by atoms with Crippen molar-refractivity contribution in [1.82, 2.24) is 0 Å². The van der Waals surface area contributed by atoms with Crippen LogP contribution in [0, 0.1) is 6.92 Å². The number of hydrogen-bond acceptors (Lipinski definition) is 2. The van der Waals surface area contributed by atoms with Gasteiger partial charge in [0.2, 0.25) is 0 Å². The van der Waals surface area contributed by atoms with E-state index in [1.807, 2.05) is 31.2 Å². The van der Waals surface area contributed by atoms with Crippen LogP contribution in [0.3, 0.4) is 0 Å². The molecule has 0 radical (unpaired) electrons. The average Bonchev–Trinajstić information content (AvgIpc) is 2.07. The van der Waals surface area contributed by atoms with Crippen molar-refractivity contribution in [2.75, 3.05) is 12.3 Å². The fourth-order valence-electron chi connectivity index (χ4n) is 0.951. The van der Waals surface area contributed by atoms with Crippen LogP contribution in [0.1, 0.15) is 11.1 Å². The largest absolute Gasteiger partial charge is 0.398 e. The third-order valence-corrected chi connectivity index (χ3v) is 1.72. The summed E-state index contributed by atoms with van der Waals surface area (Å²) in [6, 6.07) is 5.83. The van der Waals surface area contributed by atoms with E-state index in [-0.39, 0.29) is 6.61 Å². The van der Waals surface area contributed by atoms with Gasteiger partial charge in [0, 0.05) is 5.69 Å². The summed E-state index contributed by atoms with van der Waals surface area (Å²) in [5.41, 5.74) is 8.58. The van der Waals surface area contributed by atoms with Gasteiger partial charge >= 0.3 is 0 Å². The van der Waals surface area contributed by atoms with Crippen LogP contribution in [0.4, 0.5) is 5.69 Å². The molecule has 0 aliphatic carbocycles. The molecule has 2 nitrogen and oxygen atoms in total. The Morgan fingerprint density at radius 3 is 2.83 bits per heavy atom. The van der Waals surface area contributed by atoms with Crippen LogP contribution < -0.4 is 5.73 Å². The second-order valence-electron chi connectivity index (χ2n) is 2.70. The van der Waals surface area contributed by atoms with Crippen molar-refractivity contribution in [3.63, 3.8) is 0 Å². The lowest BCUT2D eigenvalue weighted by Crippen LogP contribution is -1.89. The van der Waals surface area contributed by atoms with Crippen molar-refractivity contribution in [3.8, 4) is 0 Å². The van der Waals surface area contributed by atoms with E-state index in [4.69, 9.17) is 10.8 Å². The normalized spacial score (nSPS) is 10.8. The summed E-state index contributed by atoms with van der Waals surface area (Å²) in [7, 11) is 0. The summed E-state index contributed by atoms with van der Waals surface area (Å²) in [6.45, 7) is 2.03. The number of nitrogens with two attached hydrogens (primary N) is 1. The van der Waals surface area contributed by atoms with Gasteiger partial charge in [-0.05, 0) is 24.1 Å². The van der Waals surface area contributed by atoms with Crippen molar-refractivity contribution in [1.29, 1.82) is 0 Å². The Bertz CT molecular complexity index is 292. The Morgan fingerprint density at radius 1 is 1.50 bits per heavy atom. The molecule has 3 N–H and O–H groups in total. The van der Waals surface area contributed by atoms with Gasteiger partial charge in [0.05, 0.1) is 6.61 Å². The molecular weight excluding hydrogens is 150 g/mol. The molecule has 0 heterocycles. The van der Waals surface area contributed by atoms with Gasteiger partial charge in [-0.2, -0.15) is 0 Å². The monoisotopic (exact) mass is 163 g/mol. The Hall–Kier alpha value is -1.28. The zero-order valence-electron chi connectivity index (χ0n) is 7.12. The van der Waals surface area contributed by atoms with E-state index >= 15 is 0 Å². The maximum atomic E-state index is 8.53. The second-order valence-corrected chi connectivity index (χ2v) is 2.70. The van der Waals surface area contributed by atoms with Crippen LogP contribution in [0.2, 0.25) is 0 Å². The highest BCUT2D eigenvalue weighted by atomic mass is 16.2. The number of aliphatic hydroxyl groups is 1. The van der Waals surface area contributed by atoms with E-state index in [1.54, 1.807) is 6.08 Å². The molecule has 1 aromatic rings. The minimum Gasteiger partial charge on any atom is -0.398 e. The van der Waals surface area contributed by atoms with Crippen LogP contribution in [0.25, 0.3) is 6.08 Å². The van der Waals surface area contributed by atoms with Gasteiger partial charge in [0.15, 0.2) is 0 Å². The summed E-state index contributed by atoms with van der Waals surface area (Å²) >= 11 is 0. The molecule has 0 fully saturated rings. The highest BCUT2D eigenvalue weighted by Crippen LogP contribution is 2.13. The highest BCUT2D eigenvalue weighted by molar-refractivity contribution is 5.58. The van der Waals surface area contributed by atoms with E-state index in [0.717, 1.165) is 16.8 Å². The molecule has 1 aromatic carbocycles. The molecule has 0 saturated carbocycles. The van der Waals surface area contributed by atoms with Crippen molar-refractivity contribution < 1.29 is 5.11 Å². The molecule has 0 unspecified atom stereocenters. The van der Waals surface area contributed by atoms with Gasteiger partial charge in [-0.1, -0.05) is 24.3 Å². The van der Waals surface area contributed by atoms with E-state index < -0.39 is 0 Å². The molecule has 0 aliphatic heterocycles. The second kappa shape index (κ2) is 3.93. The first-order valence-corrected chi connectivity index (χ1v) is 3.87. The summed E-state index contributed by atoms with van der Waals surface area (Å²) in [4.78, 5) is 0. The number of nitrogen functional groups attached to an aromatic ring is 1. The van der Waals surface area contributed by atoms with Crippen molar-refractivity contribution >= 4 is 11.8 Å². The molecule has 0 saturated heterocycles. The molecule has 0 aromatic heterocycles. The lowest BCUT2D eigenvalue weighted by atomic mass is 10.1. The van der Waals surface area contributed by atoms with Crippen molar-refractivity contribution in [3.05, 3.63) is 35.4 Å². The van der Waals surface area contributed by atoms with Gasteiger partial charge in [-0.15, -0.1) is 0 Å². The Balaban J connectivity index is 2.89. The van der Waals surface area contributed by atoms with Crippen LogP contribution in [-0.2, 0) is 0 Å². The van der Waals surface area contributed by atoms with Crippen LogP contribution in [0.5, 0.6) is 0 Å². The van der Waals surface area contributed by atoms with E-state index in [9.17, 15) is 0 Å². The Morgan fingerprint density at radius 2 is 2.25 bits per heavy atom. The van der Waals surface area contributed by atoms with Crippen LogP contribution in [0.15, 0.2) is 24.3 Å². The van der Waals surface area contributed by atoms with Gasteiger partial charge in [0.1, 0.15) is 0 Å². The SMILES string of the molecule is Cc1ccc(C=CCO)cc1N. The number of hydrogen-bond donors (Lipinski definition) is 2. The lowest BCUT2D eigenvalue weighted by molar-refractivity contribution is 0.343.